The summed E-state index contributed by atoms with van der Waals surface area (Å²) in [5.74, 6) is -1.19. The van der Waals surface area contributed by atoms with Crippen LogP contribution in [0.4, 0.5) is 4.79 Å². The van der Waals surface area contributed by atoms with E-state index in [9.17, 15) is 27.6 Å². The van der Waals surface area contributed by atoms with Crippen LogP contribution in [0.1, 0.15) is 39.8 Å². The molecule has 0 aliphatic rings. The molecule has 1 aromatic heterocycles. The fraction of sp³-hybridized carbons (Fsp3) is 0.324. The number of hydrogen-bond donors (Lipinski definition) is 3. The van der Waals surface area contributed by atoms with Crippen LogP contribution < -0.4 is 20.9 Å². The summed E-state index contributed by atoms with van der Waals surface area (Å²) in [6, 6.07) is 16.2. The molecule has 0 unspecified atom stereocenters. The molecule has 0 spiro atoms. The van der Waals surface area contributed by atoms with Gasteiger partial charge in [0.15, 0.2) is 12.4 Å². The summed E-state index contributed by atoms with van der Waals surface area (Å²) in [6.07, 6.45) is -0.471. The third kappa shape index (κ3) is 8.49. The maximum atomic E-state index is 14.2. The van der Waals surface area contributed by atoms with E-state index in [1.54, 1.807) is 40.0 Å². The largest absolute Gasteiger partial charge is 0.463 e. The van der Waals surface area contributed by atoms with Gasteiger partial charge in [-0.05, 0) is 76.2 Å². The van der Waals surface area contributed by atoms with Crippen molar-refractivity contribution in [2.75, 3.05) is 33.9 Å². The summed E-state index contributed by atoms with van der Waals surface area (Å²) in [7, 11) is -1.18. The first-order valence-corrected chi connectivity index (χ1v) is 17.0. The SMILES string of the molecule is CCOC(=O)c1c(C)cc2nc(COC(=O)NCCOC(=O)[C@@H](Cc3ccccc3)NC)n(-c3ccccc3S(=O)(=O)NC)c(=O)c2c1C. The number of para-hydroxylation sites is 1. The van der Waals surface area contributed by atoms with Crippen molar-refractivity contribution in [3.8, 4) is 5.69 Å². The van der Waals surface area contributed by atoms with Gasteiger partial charge in [-0.2, -0.15) is 0 Å². The Bertz CT molecular complexity index is 2010. The van der Waals surface area contributed by atoms with Crippen LogP contribution in [0.15, 0.2) is 70.4 Å². The van der Waals surface area contributed by atoms with Crippen molar-refractivity contribution in [1.82, 2.24) is 24.9 Å². The Balaban J connectivity index is 1.59. The summed E-state index contributed by atoms with van der Waals surface area (Å²) in [5.41, 5.74) is 1.44. The predicted molar refractivity (Wildman–Crippen MR) is 181 cm³/mol. The zero-order valence-electron chi connectivity index (χ0n) is 27.9. The van der Waals surface area contributed by atoms with Gasteiger partial charge in [0.1, 0.15) is 17.5 Å². The quantitative estimate of drug-likeness (QED) is 0.100. The number of benzene rings is 3. The minimum atomic E-state index is -4.07. The highest BCUT2D eigenvalue weighted by Crippen LogP contribution is 2.26. The number of alkyl carbamates (subject to hydrolysis) is 1. The Labute approximate surface area is 283 Å². The van der Waals surface area contributed by atoms with E-state index in [1.165, 1.54) is 25.2 Å². The molecule has 15 heteroatoms. The van der Waals surface area contributed by atoms with Crippen molar-refractivity contribution in [2.45, 2.75) is 44.7 Å². The van der Waals surface area contributed by atoms with Crippen molar-refractivity contribution in [3.05, 3.63) is 99.1 Å². The smallest absolute Gasteiger partial charge is 0.407 e. The second-order valence-corrected chi connectivity index (χ2v) is 12.7. The molecule has 14 nitrogen and oxygen atoms in total. The number of esters is 2. The van der Waals surface area contributed by atoms with Gasteiger partial charge in [-0.3, -0.25) is 14.2 Å². The first-order valence-electron chi connectivity index (χ1n) is 15.5. The average Bonchev–Trinajstić information content (AvgIpc) is 3.08. The van der Waals surface area contributed by atoms with Crippen LogP contribution in [0.3, 0.4) is 0 Å². The summed E-state index contributed by atoms with van der Waals surface area (Å²) in [4.78, 5) is 56.7. The van der Waals surface area contributed by atoms with Crippen LogP contribution in [-0.4, -0.2) is 75.9 Å². The van der Waals surface area contributed by atoms with E-state index in [0.29, 0.717) is 17.5 Å². The molecular weight excluding hydrogens is 654 g/mol. The number of carbonyl (C=O) groups excluding carboxylic acids is 3. The van der Waals surface area contributed by atoms with E-state index in [0.717, 1.165) is 10.1 Å². The van der Waals surface area contributed by atoms with Gasteiger partial charge in [0.05, 0.1) is 35.3 Å². The minimum Gasteiger partial charge on any atom is -0.463 e. The summed E-state index contributed by atoms with van der Waals surface area (Å²) < 4.78 is 45.2. The second kappa shape index (κ2) is 16.3. The number of carbonyl (C=O) groups is 3. The summed E-state index contributed by atoms with van der Waals surface area (Å²) >= 11 is 0. The molecule has 0 aliphatic heterocycles. The van der Waals surface area contributed by atoms with Gasteiger partial charge in [0.25, 0.3) is 5.56 Å². The number of ether oxygens (including phenoxy) is 3. The zero-order chi connectivity index (χ0) is 35.7. The number of nitrogens with one attached hydrogen (secondary N) is 3. The molecule has 1 atom stereocenters. The molecule has 4 rings (SSSR count). The molecule has 0 aliphatic carbocycles. The molecule has 0 radical (unpaired) electrons. The lowest BCUT2D eigenvalue weighted by Crippen LogP contribution is -2.39. The van der Waals surface area contributed by atoms with E-state index in [4.69, 9.17) is 14.2 Å². The zero-order valence-corrected chi connectivity index (χ0v) is 28.7. The van der Waals surface area contributed by atoms with Crippen LogP contribution in [0.25, 0.3) is 16.6 Å². The number of rotatable bonds is 14. The van der Waals surface area contributed by atoms with E-state index in [1.807, 2.05) is 30.3 Å². The van der Waals surface area contributed by atoms with Crippen LogP contribution in [0.5, 0.6) is 0 Å². The molecule has 0 fully saturated rings. The molecule has 0 saturated carbocycles. The maximum absolute atomic E-state index is 14.2. The highest BCUT2D eigenvalue weighted by Gasteiger charge is 2.25. The van der Waals surface area contributed by atoms with E-state index >= 15 is 0 Å². The fourth-order valence-electron chi connectivity index (χ4n) is 5.32. The molecule has 49 heavy (non-hydrogen) atoms. The lowest BCUT2D eigenvalue weighted by molar-refractivity contribution is -0.145. The van der Waals surface area contributed by atoms with Gasteiger partial charge < -0.3 is 24.8 Å². The number of aromatic nitrogens is 2. The standard InChI is InChI=1S/C34H39N5O9S/c1-6-46-33(42)29-21(2)18-24-30(22(29)3)31(40)39(26-14-10-11-15-27(26)49(44,45)36-5)28(38-24)20-48-34(43)37-16-17-47-32(41)25(35-4)19-23-12-8-7-9-13-23/h7-15,18,25,35-36H,6,16-17,19-20H2,1-5H3,(H,37,43)/t25-/m1/s1. The maximum Gasteiger partial charge on any atom is 0.407 e. The van der Waals surface area contributed by atoms with Gasteiger partial charge in [-0.25, -0.2) is 27.7 Å². The predicted octanol–water partition coefficient (Wildman–Crippen LogP) is 2.69. The van der Waals surface area contributed by atoms with Crippen molar-refractivity contribution in [3.63, 3.8) is 0 Å². The lowest BCUT2D eigenvalue weighted by Gasteiger charge is -2.19. The Kier molecular flexibility index (Phi) is 12.2. The molecule has 0 bridgehead atoms. The molecule has 1 heterocycles. The van der Waals surface area contributed by atoms with Crippen molar-refractivity contribution in [2.24, 2.45) is 0 Å². The van der Waals surface area contributed by atoms with E-state index < -0.39 is 46.3 Å². The highest BCUT2D eigenvalue weighted by molar-refractivity contribution is 7.89. The van der Waals surface area contributed by atoms with Gasteiger partial charge in [0, 0.05) is 0 Å². The Hall–Kier alpha value is -5.12. The van der Waals surface area contributed by atoms with Crippen LogP contribution in [0, 0.1) is 13.8 Å². The third-order valence-corrected chi connectivity index (χ3v) is 9.15. The van der Waals surface area contributed by atoms with Crippen LogP contribution in [-0.2, 0) is 42.1 Å². The number of hydrogen-bond acceptors (Lipinski definition) is 11. The monoisotopic (exact) mass is 693 g/mol. The van der Waals surface area contributed by atoms with E-state index in [-0.39, 0.29) is 52.6 Å². The number of nitrogens with zero attached hydrogens (tertiary/aromatic N) is 2. The molecular formula is C34H39N5O9S. The lowest BCUT2D eigenvalue weighted by atomic mass is 9.98. The van der Waals surface area contributed by atoms with Gasteiger partial charge >= 0.3 is 18.0 Å². The van der Waals surface area contributed by atoms with Crippen LogP contribution in [0.2, 0.25) is 0 Å². The number of aryl methyl sites for hydroxylation is 2. The van der Waals surface area contributed by atoms with Crippen molar-refractivity contribution in [1.29, 1.82) is 0 Å². The van der Waals surface area contributed by atoms with Crippen LogP contribution >= 0.6 is 0 Å². The Morgan fingerprint density at radius 1 is 0.959 bits per heavy atom. The molecule has 1 amide bonds. The number of sulfonamides is 1. The highest BCUT2D eigenvalue weighted by atomic mass is 32.2. The fourth-order valence-corrected chi connectivity index (χ4v) is 6.23. The molecule has 3 N–H and O–H groups in total. The topological polar surface area (TPSA) is 184 Å². The van der Waals surface area contributed by atoms with Crippen molar-refractivity contribution < 1.29 is 37.0 Å². The summed E-state index contributed by atoms with van der Waals surface area (Å²) in [5, 5.41) is 5.48. The molecule has 4 aromatic rings. The van der Waals surface area contributed by atoms with Gasteiger partial charge in [-0.15, -0.1) is 0 Å². The van der Waals surface area contributed by atoms with Gasteiger partial charge in [-0.1, -0.05) is 42.5 Å². The normalized spacial score (nSPS) is 11.9. The number of amides is 1. The first kappa shape index (κ1) is 36.7. The Morgan fingerprint density at radius 2 is 1.65 bits per heavy atom. The molecule has 260 valence electrons. The number of fused-ring (bicyclic) bond motifs is 1. The van der Waals surface area contributed by atoms with Crippen molar-refractivity contribution >= 4 is 39.0 Å². The second-order valence-electron chi connectivity index (χ2n) is 10.9. The molecule has 0 saturated heterocycles. The number of likely N-dealkylation sites (N-methyl/N-ethyl adjacent to an activating group) is 1. The minimum absolute atomic E-state index is 0.0468. The average molecular weight is 694 g/mol. The Morgan fingerprint density at radius 3 is 2.33 bits per heavy atom. The first-order chi connectivity index (χ1) is 23.4. The van der Waals surface area contributed by atoms with Gasteiger partial charge in [0.2, 0.25) is 10.0 Å². The molecule has 3 aromatic carbocycles. The third-order valence-electron chi connectivity index (χ3n) is 7.69. The summed E-state index contributed by atoms with van der Waals surface area (Å²) in [6.45, 7) is 4.32. The van der Waals surface area contributed by atoms with E-state index in [2.05, 4.69) is 20.3 Å².